The predicted octanol–water partition coefficient (Wildman–Crippen LogP) is 24.8. The van der Waals surface area contributed by atoms with Crippen molar-refractivity contribution in [3.8, 4) is 33.6 Å². The van der Waals surface area contributed by atoms with Crippen LogP contribution in [0.15, 0.2) is 279 Å². The Morgan fingerprint density at radius 3 is 1.05 bits per heavy atom. The first-order chi connectivity index (χ1) is 51.0. The zero-order chi connectivity index (χ0) is 70.2. The topological polar surface area (TPSA) is 74.4 Å². The lowest BCUT2D eigenvalue weighted by atomic mass is 9.86. The van der Waals surface area contributed by atoms with Gasteiger partial charge in [-0.2, -0.15) is 17.5 Å². The van der Waals surface area contributed by atoms with Crippen molar-refractivity contribution in [3.05, 3.63) is 324 Å². The highest BCUT2D eigenvalue weighted by Gasteiger charge is 2.43. The van der Waals surface area contributed by atoms with Crippen LogP contribution in [0.25, 0.3) is 99.3 Å². The van der Waals surface area contributed by atoms with Crippen LogP contribution in [0.1, 0.15) is 44.5 Å². The smallest absolute Gasteiger partial charge is 0.131 e. The van der Waals surface area contributed by atoms with Gasteiger partial charge >= 0.3 is 0 Å². The zero-order valence-corrected chi connectivity index (χ0v) is 60.6. The molecule has 1 aliphatic carbocycles. The van der Waals surface area contributed by atoms with Crippen LogP contribution >= 0.6 is 23.5 Å². The van der Waals surface area contributed by atoms with Crippen LogP contribution in [0.5, 0.6) is 0 Å². The Hall–Kier alpha value is -12.2. The molecule has 6 heterocycles. The molecular weight excluding hydrogens is 1310 g/mol. The molecule has 0 spiro atoms. The quantitative estimate of drug-likeness (QED) is 0.149. The number of nitrogens with zero attached hydrogens (tertiary/aromatic N) is 10. The normalized spacial score (nSPS) is 14.6. The van der Waals surface area contributed by atoms with Crippen LogP contribution in [0.4, 0.5) is 56.9 Å². The van der Waals surface area contributed by atoms with Crippen molar-refractivity contribution < 1.29 is 0 Å². The first-order valence-electron chi connectivity index (χ1n) is 35.6. The second-order valence-corrected chi connectivity index (χ2v) is 28.9. The summed E-state index contributed by atoms with van der Waals surface area (Å²) < 4.78 is 24.9. The standard InChI is InChI=1S/C46H38N6S.C46H34N4S/c1-29-17-5-7-19-33(29)49-35-21-9-13-25-39(35)51(40-26-14-10-22-36(40)49)45-31(3)32(4)46(44-43(45)47-53-48-44)52-41-27-15-11-23-37(41)50(34-20-8-6-18-30(34)2)38-24-12-16-28-42(38)52;1-27-25-31(49-39-17-9-5-13-35(39)36-14-6-10-18-40(36)49)21-23-33(27)43-29(3)30(4)44(46-45(43)47-51-48-46)34-24-22-32(26-28(34)2)50-41-19-11-7-15-37(41)38-16-8-12-20-42(38)50/h5-28,35,39H,1-4H3;5-26H,1-4H3. The summed E-state index contributed by atoms with van der Waals surface area (Å²) >= 11 is 2.59. The van der Waals surface area contributed by atoms with E-state index < -0.39 is 0 Å². The molecule has 2 atom stereocenters. The lowest BCUT2D eigenvalue weighted by Gasteiger charge is -2.50. The van der Waals surface area contributed by atoms with E-state index in [4.69, 9.17) is 17.5 Å². The van der Waals surface area contributed by atoms with Crippen molar-refractivity contribution in [3.63, 3.8) is 0 Å². The molecule has 2 unspecified atom stereocenters. The minimum Gasteiger partial charge on any atom is -0.330 e. The van der Waals surface area contributed by atoms with Gasteiger partial charge in [0.05, 0.1) is 103 Å². The summed E-state index contributed by atoms with van der Waals surface area (Å²) in [6, 6.07) is 92.1. The summed E-state index contributed by atoms with van der Waals surface area (Å²) in [5, 5.41) is 5.08. The molecule has 3 aliphatic rings. The molecule has 10 nitrogen and oxygen atoms in total. The SMILES string of the molecule is Cc1cc(-n2c3ccccc3c3ccccc32)ccc1-c1c(C)c(C)c(-c2ccc(-n3c4ccccc4c4ccccc43)cc2C)c2nsnc12.Cc1ccccc1N1c2ccccc2N(c2c(C)c(C)c(N3c4ccccc4N(c4ccccc4C)C4C=CC=CC43)c3nsnc23)c2ccccc21. The highest BCUT2D eigenvalue weighted by atomic mass is 32.1. The molecule has 4 aromatic heterocycles. The number of hydrogen-bond acceptors (Lipinski definition) is 10. The van der Waals surface area contributed by atoms with Crippen LogP contribution in [0, 0.1) is 55.4 Å². The Kier molecular flexibility index (Phi) is 15.0. The third-order valence-electron chi connectivity index (χ3n) is 22.1. The summed E-state index contributed by atoms with van der Waals surface area (Å²) in [5.41, 5.74) is 36.8. The molecule has 104 heavy (non-hydrogen) atoms. The maximum Gasteiger partial charge on any atom is 0.131 e. The summed E-state index contributed by atoms with van der Waals surface area (Å²) in [4.78, 5) is 9.87. The highest BCUT2D eigenvalue weighted by molar-refractivity contribution is 7.00. The number of aryl methyl sites for hydroxylation is 4. The average molecular weight is 1380 g/mol. The minimum atomic E-state index is 0.0301. The highest BCUT2D eigenvalue weighted by Crippen LogP contribution is 2.59. The Morgan fingerprint density at radius 2 is 0.615 bits per heavy atom. The average Bonchev–Trinajstić information content (AvgIpc) is 0.929. The van der Waals surface area contributed by atoms with Gasteiger partial charge in [0, 0.05) is 55.4 Å². The molecule has 12 heteroatoms. The van der Waals surface area contributed by atoms with E-state index >= 15 is 0 Å². The summed E-state index contributed by atoms with van der Waals surface area (Å²) in [6.45, 7) is 17.8. The number of rotatable bonds is 8. The molecular formula is C92H72N10S2. The maximum atomic E-state index is 5.14. The lowest BCUT2D eigenvalue weighted by molar-refractivity contribution is 0.637. The van der Waals surface area contributed by atoms with Gasteiger partial charge < -0.3 is 28.7 Å². The molecule has 0 amide bonds. The van der Waals surface area contributed by atoms with Gasteiger partial charge in [-0.3, -0.25) is 0 Å². The van der Waals surface area contributed by atoms with Gasteiger partial charge in [-0.1, -0.05) is 182 Å². The van der Waals surface area contributed by atoms with Crippen molar-refractivity contribution in [2.75, 3.05) is 19.6 Å². The van der Waals surface area contributed by atoms with Crippen molar-refractivity contribution in [1.82, 2.24) is 26.6 Å². The monoisotopic (exact) mass is 1380 g/mol. The van der Waals surface area contributed by atoms with Gasteiger partial charge in [0.25, 0.3) is 0 Å². The number of benzene rings is 13. The summed E-state index contributed by atoms with van der Waals surface area (Å²) in [6.07, 6.45) is 9.06. The second kappa shape index (κ2) is 24.8. The first-order valence-corrected chi connectivity index (χ1v) is 37.1. The minimum absolute atomic E-state index is 0.0301. The van der Waals surface area contributed by atoms with Crippen LogP contribution in [0.2, 0.25) is 0 Å². The molecule has 0 saturated heterocycles. The molecule has 0 radical (unpaired) electrons. The van der Waals surface area contributed by atoms with E-state index in [9.17, 15) is 0 Å². The molecule has 0 bridgehead atoms. The van der Waals surface area contributed by atoms with Crippen molar-refractivity contribution in [2.24, 2.45) is 0 Å². The fourth-order valence-corrected chi connectivity index (χ4v) is 18.2. The molecule has 502 valence electrons. The fraction of sp³-hybridized carbons (Fsp3) is 0.109. The van der Waals surface area contributed by atoms with Crippen LogP contribution in [0.3, 0.4) is 0 Å². The molecule has 17 aromatic rings. The van der Waals surface area contributed by atoms with E-state index in [1.165, 1.54) is 151 Å². The van der Waals surface area contributed by atoms with Crippen LogP contribution < -0.4 is 19.6 Å². The first kappa shape index (κ1) is 62.8. The summed E-state index contributed by atoms with van der Waals surface area (Å²) in [5.74, 6) is 0. The van der Waals surface area contributed by atoms with Gasteiger partial charge in [-0.15, -0.1) is 0 Å². The molecule has 0 N–H and O–H groups in total. The zero-order valence-electron chi connectivity index (χ0n) is 59.0. The number of anilines is 10. The number of hydrogen-bond donors (Lipinski definition) is 0. The second-order valence-electron chi connectivity index (χ2n) is 27.8. The lowest BCUT2D eigenvalue weighted by Crippen LogP contribution is -2.52. The number of fused-ring (bicyclic) bond motifs is 12. The number of allylic oxidation sites excluding steroid dienone is 2. The Bertz CT molecular complexity index is 6080. The van der Waals surface area contributed by atoms with E-state index in [1.807, 2.05) is 0 Å². The molecule has 2 aliphatic heterocycles. The van der Waals surface area contributed by atoms with Crippen LogP contribution in [-0.4, -0.2) is 38.7 Å². The number of para-hydroxylation sites is 12. The Labute approximate surface area is 612 Å². The van der Waals surface area contributed by atoms with E-state index in [0.717, 1.165) is 73.3 Å². The molecule has 0 fully saturated rings. The maximum absolute atomic E-state index is 5.14. The van der Waals surface area contributed by atoms with Crippen molar-refractivity contribution >= 4 is 146 Å². The van der Waals surface area contributed by atoms with Gasteiger partial charge in [0.2, 0.25) is 0 Å². The van der Waals surface area contributed by atoms with Crippen molar-refractivity contribution in [1.29, 1.82) is 0 Å². The van der Waals surface area contributed by atoms with E-state index in [1.54, 1.807) is 0 Å². The summed E-state index contributed by atoms with van der Waals surface area (Å²) in [7, 11) is 0. The molecule has 13 aromatic carbocycles. The van der Waals surface area contributed by atoms with E-state index in [-0.39, 0.29) is 12.1 Å². The number of aromatic nitrogens is 6. The van der Waals surface area contributed by atoms with Gasteiger partial charge in [-0.25, -0.2) is 0 Å². The third-order valence-corrected chi connectivity index (χ3v) is 23.2. The molecule has 20 rings (SSSR count). The van der Waals surface area contributed by atoms with Crippen LogP contribution in [-0.2, 0) is 0 Å². The van der Waals surface area contributed by atoms with Gasteiger partial charge in [-0.05, 0) is 208 Å². The van der Waals surface area contributed by atoms with Gasteiger partial charge in [0.1, 0.15) is 22.1 Å². The largest absolute Gasteiger partial charge is 0.330 e. The van der Waals surface area contributed by atoms with E-state index in [2.05, 4.69) is 363 Å². The van der Waals surface area contributed by atoms with Gasteiger partial charge in [0.15, 0.2) is 0 Å². The molecule has 0 saturated carbocycles. The Balaban J connectivity index is 0.000000143. The predicted molar refractivity (Wildman–Crippen MR) is 438 cm³/mol. The third kappa shape index (κ3) is 9.58. The fourth-order valence-electron chi connectivity index (χ4n) is 17.1. The Morgan fingerprint density at radius 1 is 0.279 bits per heavy atom. The van der Waals surface area contributed by atoms with Crippen molar-refractivity contribution in [2.45, 2.75) is 67.5 Å². The van der Waals surface area contributed by atoms with E-state index in [0.29, 0.717) is 0 Å².